The van der Waals surface area contributed by atoms with E-state index >= 15 is 0 Å². The van der Waals surface area contributed by atoms with Crippen LogP contribution < -0.4 is 4.74 Å². The quantitative estimate of drug-likeness (QED) is 0.448. The third-order valence-corrected chi connectivity index (χ3v) is 4.90. The van der Waals surface area contributed by atoms with E-state index in [0.717, 1.165) is 22.8 Å². The summed E-state index contributed by atoms with van der Waals surface area (Å²) in [6.07, 6.45) is 0. The fraction of sp³-hybridized carbons (Fsp3) is 0.143. The van der Waals surface area contributed by atoms with Crippen molar-refractivity contribution in [1.29, 1.82) is 0 Å². The van der Waals surface area contributed by atoms with Gasteiger partial charge in [0.05, 0.1) is 12.7 Å². The van der Waals surface area contributed by atoms with Crippen LogP contribution in [0.2, 0.25) is 0 Å². The molecule has 0 saturated heterocycles. The Labute approximate surface area is 160 Å². The number of ether oxygens (including phenoxy) is 2. The number of ketones is 1. The molecule has 0 amide bonds. The second kappa shape index (κ2) is 8.14. The highest BCUT2D eigenvalue weighted by atomic mass is 32.1. The maximum absolute atomic E-state index is 13.4. The van der Waals surface area contributed by atoms with Crippen LogP contribution in [0.5, 0.6) is 5.75 Å². The van der Waals surface area contributed by atoms with E-state index in [2.05, 4.69) is 0 Å². The highest BCUT2D eigenvalue weighted by Crippen LogP contribution is 2.29. The van der Waals surface area contributed by atoms with Crippen LogP contribution in [0.1, 0.15) is 25.6 Å². The van der Waals surface area contributed by atoms with Crippen molar-refractivity contribution in [3.05, 3.63) is 75.7 Å². The molecule has 1 heterocycles. The Morgan fingerprint density at radius 2 is 1.81 bits per heavy atom. The van der Waals surface area contributed by atoms with E-state index in [4.69, 9.17) is 9.47 Å². The molecule has 0 atom stereocenters. The number of carbonyl (C=O) groups excluding carboxylic acids is 2. The van der Waals surface area contributed by atoms with Crippen LogP contribution in [0.3, 0.4) is 0 Å². The van der Waals surface area contributed by atoms with Gasteiger partial charge in [0, 0.05) is 5.56 Å². The largest absolute Gasteiger partial charge is 0.496 e. The number of carbonyl (C=O) groups is 2. The lowest BCUT2D eigenvalue weighted by atomic mass is 10.1. The van der Waals surface area contributed by atoms with Gasteiger partial charge in [-0.3, -0.25) is 4.79 Å². The Balaban J connectivity index is 1.74. The first-order chi connectivity index (χ1) is 13.0. The van der Waals surface area contributed by atoms with E-state index < -0.39 is 24.2 Å². The zero-order valence-corrected chi connectivity index (χ0v) is 15.6. The third kappa shape index (κ3) is 4.23. The normalized spacial score (nSPS) is 10.5. The number of halogens is 1. The van der Waals surface area contributed by atoms with E-state index in [0.29, 0.717) is 4.88 Å². The maximum atomic E-state index is 13.4. The van der Waals surface area contributed by atoms with Crippen LogP contribution in [0.4, 0.5) is 4.39 Å². The van der Waals surface area contributed by atoms with E-state index in [1.165, 1.54) is 30.6 Å². The van der Waals surface area contributed by atoms with Crippen molar-refractivity contribution in [3.63, 3.8) is 0 Å². The number of methoxy groups -OCH3 is 1. The van der Waals surface area contributed by atoms with Gasteiger partial charge in [0.15, 0.2) is 6.61 Å². The molecule has 0 unspecified atom stereocenters. The Morgan fingerprint density at radius 1 is 1.07 bits per heavy atom. The summed E-state index contributed by atoms with van der Waals surface area (Å²) in [7, 11) is 1.38. The molecule has 0 radical (unpaired) electrons. The molecule has 3 rings (SSSR count). The van der Waals surface area contributed by atoms with Crippen LogP contribution >= 0.6 is 11.3 Å². The minimum absolute atomic E-state index is 0.0373. The van der Waals surface area contributed by atoms with Crippen molar-refractivity contribution in [2.45, 2.75) is 6.92 Å². The third-order valence-electron chi connectivity index (χ3n) is 4.01. The van der Waals surface area contributed by atoms with Crippen LogP contribution in [0.25, 0.3) is 11.1 Å². The van der Waals surface area contributed by atoms with Crippen LogP contribution in [0, 0.1) is 12.7 Å². The molecule has 138 valence electrons. The summed E-state index contributed by atoms with van der Waals surface area (Å²) in [6.45, 7) is 1.49. The molecule has 0 aliphatic carbocycles. The predicted molar refractivity (Wildman–Crippen MR) is 102 cm³/mol. The highest BCUT2D eigenvalue weighted by molar-refractivity contribution is 7.12. The van der Waals surface area contributed by atoms with Crippen molar-refractivity contribution in [2.24, 2.45) is 0 Å². The number of Topliss-reactive ketones (excluding diaryl/α,β-unsaturated/α-hetero) is 1. The monoisotopic (exact) mass is 384 g/mol. The number of thiophene rings is 1. The van der Waals surface area contributed by atoms with E-state index in [1.54, 1.807) is 5.38 Å². The first kappa shape index (κ1) is 18.8. The molecule has 0 fully saturated rings. The van der Waals surface area contributed by atoms with E-state index in [1.807, 2.05) is 37.3 Å². The van der Waals surface area contributed by atoms with Crippen molar-refractivity contribution in [2.75, 3.05) is 13.7 Å². The standard InChI is InChI=1S/C21H17FO4S/c1-13-3-5-14(6-4-13)16-9-10-27-20(16)21(24)26-12-18(23)17-11-15(22)7-8-19(17)25-2/h3-11H,12H2,1-2H3. The summed E-state index contributed by atoms with van der Waals surface area (Å²) < 4.78 is 23.7. The number of benzene rings is 2. The molecule has 0 N–H and O–H groups in total. The number of hydrogen-bond acceptors (Lipinski definition) is 5. The van der Waals surface area contributed by atoms with Gasteiger partial charge < -0.3 is 9.47 Å². The first-order valence-electron chi connectivity index (χ1n) is 8.18. The minimum Gasteiger partial charge on any atom is -0.496 e. The molecule has 2 aromatic carbocycles. The number of aryl methyl sites for hydroxylation is 1. The van der Waals surface area contributed by atoms with E-state index in [9.17, 15) is 14.0 Å². The van der Waals surface area contributed by atoms with Crippen molar-refractivity contribution >= 4 is 23.1 Å². The lowest BCUT2D eigenvalue weighted by Gasteiger charge is -2.09. The summed E-state index contributed by atoms with van der Waals surface area (Å²) in [6, 6.07) is 13.2. The van der Waals surface area contributed by atoms with Crippen LogP contribution in [0.15, 0.2) is 53.9 Å². The van der Waals surface area contributed by atoms with Crippen molar-refractivity contribution in [1.82, 2.24) is 0 Å². The van der Waals surface area contributed by atoms with Gasteiger partial charge in [-0.05, 0) is 42.1 Å². The van der Waals surface area contributed by atoms with Crippen molar-refractivity contribution < 1.29 is 23.5 Å². The Kier molecular flexibility index (Phi) is 5.66. The maximum Gasteiger partial charge on any atom is 0.349 e. The van der Waals surface area contributed by atoms with Gasteiger partial charge in [0.1, 0.15) is 16.4 Å². The van der Waals surface area contributed by atoms with Crippen LogP contribution in [-0.4, -0.2) is 25.5 Å². The summed E-state index contributed by atoms with van der Waals surface area (Å²) >= 11 is 1.24. The topological polar surface area (TPSA) is 52.6 Å². The molecule has 0 aliphatic rings. The zero-order chi connectivity index (χ0) is 19.4. The molecule has 0 spiro atoms. The fourth-order valence-electron chi connectivity index (χ4n) is 2.60. The highest BCUT2D eigenvalue weighted by Gasteiger charge is 2.19. The number of rotatable bonds is 6. The SMILES string of the molecule is COc1ccc(F)cc1C(=O)COC(=O)c1sccc1-c1ccc(C)cc1. The molecule has 4 nitrogen and oxygen atoms in total. The van der Waals surface area contributed by atoms with E-state index in [-0.39, 0.29) is 11.3 Å². The molecule has 0 saturated carbocycles. The van der Waals surface area contributed by atoms with Gasteiger partial charge in [0.2, 0.25) is 5.78 Å². The zero-order valence-electron chi connectivity index (χ0n) is 14.8. The summed E-state index contributed by atoms with van der Waals surface area (Å²) in [5.74, 6) is -1.46. The molecule has 0 aliphatic heterocycles. The molecule has 3 aromatic rings. The second-order valence-corrected chi connectivity index (χ2v) is 6.79. The average molecular weight is 384 g/mol. The fourth-order valence-corrected chi connectivity index (χ4v) is 3.41. The van der Waals surface area contributed by atoms with Gasteiger partial charge in [-0.1, -0.05) is 29.8 Å². The van der Waals surface area contributed by atoms with Gasteiger partial charge in [0.25, 0.3) is 0 Å². The first-order valence-corrected chi connectivity index (χ1v) is 9.06. The summed E-state index contributed by atoms with van der Waals surface area (Å²) in [5, 5.41) is 1.79. The van der Waals surface area contributed by atoms with Gasteiger partial charge >= 0.3 is 5.97 Å². The molecule has 0 bridgehead atoms. The molecule has 1 aromatic heterocycles. The average Bonchev–Trinajstić information content (AvgIpc) is 3.16. The Hall–Kier alpha value is -2.99. The Morgan fingerprint density at radius 3 is 2.52 bits per heavy atom. The number of esters is 1. The molecular weight excluding hydrogens is 367 g/mol. The van der Waals surface area contributed by atoms with Crippen LogP contribution in [-0.2, 0) is 4.74 Å². The smallest absolute Gasteiger partial charge is 0.349 e. The predicted octanol–water partition coefficient (Wildman–Crippen LogP) is 4.91. The molecular formula is C21H17FO4S. The Bertz CT molecular complexity index is 976. The van der Waals surface area contributed by atoms with Crippen molar-refractivity contribution in [3.8, 4) is 16.9 Å². The lowest BCUT2D eigenvalue weighted by molar-refractivity contribution is 0.0479. The summed E-state index contributed by atoms with van der Waals surface area (Å²) in [5.41, 5.74) is 2.80. The van der Waals surface area contributed by atoms with Gasteiger partial charge in [-0.2, -0.15) is 0 Å². The lowest BCUT2D eigenvalue weighted by Crippen LogP contribution is -2.15. The van der Waals surface area contributed by atoms with Gasteiger partial charge in [-0.25, -0.2) is 9.18 Å². The molecule has 27 heavy (non-hydrogen) atoms. The van der Waals surface area contributed by atoms with Gasteiger partial charge in [-0.15, -0.1) is 11.3 Å². The number of hydrogen-bond donors (Lipinski definition) is 0. The second-order valence-electron chi connectivity index (χ2n) is 5.87. The minimum atomic E-state index is -0.593. The summed E-state index contributed by atoms with van der Waals surface area (Å²) in [4.78, 5) is 25.2. The molecule has 6 heteroatoms.